The fourth-order valence-corrected chi connectivity index (χ4v) is 2.75. The average molecular weight is 357 g/mol. The normalized spacial score (nSPS) is 14.7. The Kier molecular flexibility index (Phi) is 5.11. The van der Waals surface area contributed by atoms with Crippen molar-refractivity contribution in [3.63, 3.8) is 0 Å². The molecule has 0 saturated carbocycles. The molecule has 3 heterocycles. The quantitative estimate of drug-likeness (QED) is 0.562. The number of aromatic nitrogens is 3. The Hall–Kier alpha value is -3.43. The molecule has 1 amide bonds. The predicted molar refractivity (Wildman–Crippen MR) is 94.3 cm³/mol. The summed E-state index contributed by atoms with van der Waals surface area (Å²) in [6, 6.07) is 5.00. The first kappa shape index (κ1) is 17.4. The second-order valence-electron chi connectivity index (χ2n) is 5.85. The largest absolute Gasteiger partial charge is 0.481 e. The Bertz CT molecular complexity index is 792. The van der Waals surface area contributed by atoms with E-state index < -0.39 is 11.9 Å². The van der Waals surface area contributed by atoms with E-state index in [4.69, 9.17) is 10.8 Å². The van der Waals surface area contributed by atoms with Gasteiger partial charge in [0.15, 0.2) is 11.6 Å². The second kappa shape index (κ2) is 7.64. The maximum absolute atomic E-state index is 12.0. The van der Waals surface area contributed by atoms with Crippen molar-refractivity contribution in [2.24, 2.45) is 5.92 Å². The van der Waals surface area contributed by atoms with Gasteiger partial charge < -0.3 is 15.7 Å². The number of carboxylic acids is 1. The lowest BCUT2D eigenvalue weighted by molar-refractivity contribution is -0.142. The third kappa shape index (κ3) is 3.79. The Morgan fingerprint density at radius 1 is 1.19 bits per heavy atom. The summed E-state index contributed by atoms with van der Waals surface area (Å²) in [5.41, 5.74) is 11.8. The van der Waals surface area contributed by atoms with Crippen molar-refractivity contribution in [2.45, 2.75) is 12.8 Å². The number of carbonyl (C=O) groups is 2. The van der Waals surface area contributed by atoms with Crippen LogP contribution in [0.4, 0.5) is 17.3 Å². The SMILES string of the molecule is Nc1c(NNC(=O)c2ccccn2)ncnc1N1CCC(C(=O)O)CC1. The minimum atomic E-state index is -0.778. The summed E-state index contributed by atoms with van der Waals surface area (Å²) in [5, 5.41) is 9.09. The van der Waals surface area contributed by atoms with Gasteiger partial charge in [-0.3, -0.25) is 25.4 Å². The zero-order valence-corrected chi connectivity index (χ0v) is 13.9. The molecule has 0 bridgehead atoms. The number of carboxylic acid groups (broad SMARTS) is 1. The summed E-state index contributed by atoms with van der Waals surface area (Å²) in [5.74, 6) is -0.769. The standard InChI is InChI=1S/C16H19N7O3/c17-12-13(21-22-15(24)11-3-1-2-6-18-11)19-9-20-14(12)23-7-4-10(5-8-23)16(25)26/h1-3,6,9-10H,4-5,7-8,17H2,(H,22,24)(H,25,26)(H,19,20,21). The van der Waals surface area contributed by atoms with Gasteiger partial charge in [-0.1, -0.05) is 6.07 Å². The third-order valence-electron chi connectivity index (χ3n) is 4.20. The molecule has 0 aliphatic carbocycles. The molecule has 2 aromatic heterocycles. The first-order chi connectivity index (χ1) is 12.6. The van der Waals surface area contributed by atoms with Gasteiger partial charge in [0.2, 0.25) is 0 Å². The molecular formula is C16H19N7O3. The fourth-order valence-electron chi connectivity index (χ4n) is 2.75. The van der Waals surface area contributed by atoms with E-state index in [1.807, 2.05) is 4.90 Å². The number of piperidine rings is 1. The van der Waals surface area contributed by atoms with Crippen LogP contribution in [-0.2, 0) is 4.79 Å². The van der Waals surface area contributed by atoms with Gasteiger partial charge >= 0.3 is 5.97 Å². The third-order valence-corrected chi connectivity index (χ3v) is 4.20. The lowest BCUT2D eigenvalue weighted by Gasteiger charge is -2.31. The lowest BCUT2D eigenvalue weighted by Crippen LogP contribution is -2.37. The van der Waals surface area contributed by atoms with Crippen LogP contribution in [0.25, 0.3) is 0 Å². The van der Waals surface area contributed by atoms with Crippen molar-refractivity contribution in [1.29, 1.82) is 0 Å². The zero-order valence-electron chi connectivity index (χ0n) is 13.9. The molecule has 0 radical (unpaired) electrons. The number of nitrogens with zero attached hydrogens (tertiary/aromatic N) is 4. The summed E-state index contributed by atoms with van der Waals surface area (Å²) in [6.07, 6.45) is 3.91. The van der Waals surface area contributed by atoms with Crippen LogP contribution in [0, 0.1) is 5.92 Å². The van der Waals surface area contributed by atoms with Gasteiger partial charge in [-0.2, -0.15) is 0 Å². The maximum atomic E-state index is 12.0. The molecule has 26 heavy (non-hydrogen) atoms. The number of nitrogens with two attached hydrogens (primary N) is 1. The van der Waals surface area contributed by atoms with Crippen LogP contribution >= 0.6 is 0 Å². The smallest absolute Gasteiger partial charge is 0.306 e. The Morgan fingerprint density at radius 3 is 2.62 bits per heavy atom. The number of amides is 1. The van der Waals surface area contributed by atoms with Crippen LogP contribution in [0.1, 0.15) is 23.3 Å². The number of aliphatic carboxylic acids is 1. The van der Waals surface area contributed by atoms with Crippen molar-refractivity contribution in [3.05, 3.63) is 36.4 Å². The highest BCUT2D eigenvalue weighted by atomic mass is 16.4. The predicted octanol–water partition coefficient (Wildman–Crippen LogP) is 0.512. The number of pyridine rings is 1. The van der Waals surface area contributed by atoms with E-state index in [2.05, 4.69) is 25.8 Å². The van der Waals surface area contributed by atoms with Gasteiger partial charge in [0.25, 0.3) is 5.91 Å². The Labute approximate surface area is 149 Å². The molecule has 10 nitrogen and oxygen atoms in total. The summed E-state index contributed by atoms with van der Waals surface area (Å²) in [4.78, 5) is 37.2. The number of hydrogen-bond acceptors (Lipinski definition) is 8. The minimum Gasteiger partial charge on any atom is -0.481 e. The van der Waals surface area contributed by atoms with Crippen molar-refractivity contribution in [3.8, 4) is 0 Å². The first-order valence-electron chi connectivity index (χ1n) is 8.12. The maximum Gasteiger partial charge on any atom is 0.306 e. The summed E-state index contributed by atoms with van der Waals surface area (Å²) >= 11 is 0. The van der Waals surface area contributed by atoms with Crippen molar-refractivity contribution in [2.75, 3.05) is 29.1 Å². The highest BCUT2D eigenvalue weighted by molar-refractivity contribution is 5.93. The van der Waals surface area contributed by atoms with Gasteiger partial charge in [-0.25, -0.2) is 9.97 Å². The number of nitrogens with one attached hydrogen (secondary N) is 2. The summed E-state index contributed by atoms with van der Waals surface area (Å²) in [7, 11) is 0. The molecule has 3 rings (SSSR count). The number of anilines is 3. The number of nitrogen functional groups attached to an aromatic ring is 1. The molecule has 136 valence electrons. The van der Waals surface area contributed by atoms with Gasteiger partial charge in [-0.15, -0.1) is 0 Å². The van der Waals surface area contributed by atoms with E-state index >= 15 is 0 Å². The molecule has 1 fully saturated rings. The van der Waals surface area contributed by atoms with Gasteiger partial charge in [0.1, 0.15) is 17.7 Å². The van der Waals surface area contributed by atoms with Gasteiger partial charge in [0, 0.05) is 19.3 Å². The van der Waals surface area contributed by atoms with Gasteiger partial charge in [0.05, 0.1) is 5.92 Å². The molecule has 0 unspecified atom stereocenters. The minimum absolute atomic E-state index is 0.253. The highest BCUT2D eigenvalue weighted by Crippen LogP contribution is 2.29. The van der Waals surface area contributed by atoms with Crippen molar-refractivity contribution >= 4 is 29.2 Å². The fraction of sp³-hybridized carbons (Fsp3) is 0.312. The average Bonchev–Trinajstić information content (AvgIpc) is 2.67. The van der Waals surface area contributed by atoms with E-state index in [1.54, 1.807) is 18.2 Å². The van der Waals surface area contributed by atoms with Crippen LogP contribution in [0.2, 0.25) is 0 Å². The van der Waals surface area contributed by atoms with Crippen LogP contribution in [0.5, 0.6) is 0 Å². The van der Waals surface area contributed by atoms with Crippen LogP contribution in [-0.4, -0.2) is 45.0 Å². The topological polar surface area (TPSA) is 146 Å². The molecule has 0 spiro atoms. The molecule has 5 N–H and O–H groups in total. The van der Waals surface area contributed by atoms with Crippen molar-refractivity contribution in [1.82, 2.24) is 20.4 Å². The molecule has 1 aliphatic heterocycles. The number of carbonyl (C=O) groups excluding carboxylic acids is 1. The zero-order chi connectivity index (χ0) is 18.5. The second-order valence-corrected chi connectivity index (χ2v) is 5.85. The summed E-state index contributed by atoms with van der Waals surface area (Å²) < 4.78 is 0. The lowest BCUT2D eigenvalue weighted by atomic mass is 9.97. The summed E-state index contributed by atoms with van der Waals surface area (Å²) in [6.45, 7) is 1.08. The molecule has 1 saturated heterocycles. The number of hydrazine groups is 1. The van der Waals surface area contributed by atoms with E-state index in [1.165, 1.54) is 12.5 Å². The molecule has 0 aromatic carbocycles. The Morgan fingerprint density at radius 2 is 1.96 bits per heavy atom. The van der Waals surface area contributed by atoms with Crippen LogP contribution in [0.15, 0.2) is 30.7 Å². The van der Waals surface area contributed by atoms with E-state index in [0.29, 0.717) is 31.7 Å². The highest BCUT2D eigenvalue weighted by Gasteiger charge is 2.26. The number of hydrogen-bond donors (Lipinski definition) is 4. The molecule has 2 aromatic rings. The first-order valence-corrected chi connectivity index (χ1v) is 8.12. The molecular weight excluding hydrogens is 338 g/mol. The van der Waals surface area contributed by atoms with Crippen molar-refractivity contribution < 1.29 is 14.7 Å². The van der Waals surface area contributed by atoms with Gasteiger partial charge in [-0.05, 0) is 25.0 Å². The van der Waals surface area contributed by atoms with E-state index in [-0.39, 0.29) is 23.1 Å². The van der Waals surface area contributed by atoms with E-state index in [9.17, 15) is 9.59 Å². The van der Waals surface area contributed by atoms with Crippen LogP contribution < -0.4 is 21.5 Å². The Balaban J connectivity index is 1.66. The molecule has 1 aliphatic rings. The monoisotopic (exact) mass is 357 g/mol. The molecule has 10 heteroatoms. The number of rotatable bonds is 5. The van der Waals surface area contributed by atoms with Crippen LogP contribution in [0.3, 0.4) is 0 Å². The molecule has 0 atom stereocenters. The van der Waals surface area contributed by atoms with E-state index in [0.717, 1.165) is 0 Å².